The molecular formula is C17H14N2O4S. The van der Waals surface area contributed by atoms with E-state index in [1.807, 2.05) is 31.2 Å². The van der Waals surface area contributed by atoms with Crippen molar-refractivity contribution >= 4 is 17.5 Å². The Balaban J connectivity index is 1.68. The highest BCUT2D eigenvalue weighted by atomic mass is 32.2. The fraction of sp³-hybridized carbons (Fsp3) is 0.118. The second-order valence-corrected chi connectivity index (χ2v) is 6.03. The van der Waals surface area contributed by atoms with Crippen molar-refractivity contribution < 1.29 is 19.4 Å². The molecule has 0 fully saturated rings. The van der Waals surface area contributed by atoms with Crippen molar-refractivity contribution in [3.8, 4) is 23.0 Å². The standard InChI is InChI=1S/C17H14N2O4S/c1-10-4-2-3-5-12(10)16-18-19-17(23-16)24-9-15(22)11-6-7-13(20)14(21)8-11/h2-8,20-21H,9H2,1H3. The zero-order chi connectivity index (χ0) is 17.1. The summed E-state index contributed by atoms with van der Waals surface area (Å²) in [4.78, 5) is 12.1. The van der Waals surface area contributed by atoms with E-state index in [9.17, 15) is 15.0 Å². The van der Waals surface area contributed by atoms with Gasteiger partial charge in [0.05, 0.1) is 5.75 Å². The Hall–Kier alpha value is -2.80. The van der Waals surface area contributed by atoms with Crippen LogP contribution in [0.1, 0.15) is 15.9 Å². The number of ketones is 1. The number of aryl methyl sites for hydroxylation is 1. The molecule has 0 aliphatic heterocycles. The third-order valence-corrected chi connectivity index (χ3v) is 4.22. The van der Waals surface area contributed by atoms with E-state index in [1.165, 1.54) is 18.2 Å². The van der Waals surface area contributed by atoms with Crippen LogP contribution in [0.4, 0.5) is 0 Å². The van der Waals surface area contributed by atoms with E-state index < -0.39 is 0 Å². The number of aromatic nitrogens is 2. The van der Waals surface area contributed by atoms with Crippen molar-refractivity contribution in [2.24, 2.45) is 0 Å². The smallest absolute Gasteiger partial charge is 0.277 e. The molecule has 0 atom stereocenters. The number of Topliss-reactive ketones (excluding diaryl/α,β-unsaturated/α-hetero) is 1. The molecule has 0 unspecified atom stereocenters. The quantitative estimate of drug-likeness (QED) is 0.416. The van der Waals surface area contributed by atoms with Crippen molar-refractivity contribution in [3.05, 3.63) is 53.6 Å². The largest absolute Gasteiger partial charge is 0.504 e. The lowest BCUT2D eigenvalue weighted by molar-refractivity contribution is 0.102. The van der Waals surface area contributed by atoms with Crippen LogP contribution in [0.3, 0.4) is 0 Å². The Kier molecular flexibility index (Phi) is 4.52. The summed E-state index contributed by atoms with van der Waals surface area (Å²) in [7, 11) is 0. The minimum absolute atomic E-state index is 0.0830. The third kappa shape index (κ3) is 3.41. The van der Waals surface area contributed by atoms with Crippen LogP contribution in [0.5, 0.6) is 11.5 Å². The van der Waals surface area contributed by atoms with Crippen LogP contribution in [-0.4, -0.2) is 31.9 Å². The first kappa shape index (κ1) is 16.1. The molecular weight excluding hydrogens is 328 g/mol. The second kappa shape index (κ2) is 6.76. The Morgan fingerprint density at radius 1 is 1.12 bits per heavy atom. The number of hydrogen-bond acceptors (Lipinski definition) is 7. The summed E-state index contributed by atoms with van der Waals surface area (Å²) in [5, 5.41) is 26.9. The molecule has 0 saturated carbocycles. The molecule has 2 aromatic carbocycles. The van der Waals surface area contributed by atoms with Gasteiger partial charge in [0.15, 0.2) is 17.3 Å². The van der Waals surface area contributed by atoms with Gasteiger partial charge in [0.25, 0.3) is 5.22 Å². The molecule has 0 amide bonds. The Morgan fingerprint density at radius 3 is 2.67 bits per heavy atom. The molecule has 0 radical (unpaired) electrons. The predicted octanol–water partition coefficient (Wildman–Crippen LogP) is 3.43. The first-order valence-electron chi connectivity index (χ1n) is 7.12. The average molecular weight is 342 g/mol. The molecule has 0 aliphatic rings. The molecule has 6 nitrogen and oxygen atoms in total. The van der Waals surface area contributed by atoms with Crippen molar-refractivity contribution in [1.82, 2.24) is 10.2 Å². The van der Waals surface area contributed by atoms with Crippen molar-refractivity contribution in [2.75, 3.05) is 5.75 Å². The maximum absolute atomic E-state index is 12.1. The van der Waals surface area contributed by atoms with Gasteiger partial charge >= 0.3 is 0 Å². The van der Waals surface area contributed by atoms with Gasteiger partial charge in [-0.15, -0.1) is 10.2 Å². The van der Waals surface area contributed by atoms with Crippen molar-refractivity contribution in [1.29, 1.82) is 0 Å². The first-order chi connectivity index (χ1) is 11.5. The van der Waals surface area contributed by atoms with E-state index >= 15 is 0 Å². The molecule has 122 valence electrons. The van der Waals surface area contributed by atoms with E-state index in [0.717, 1.165) is 22.9 Å². The van der Waals surface area contributed by atoms with Crippen LogP contribution < -0.4 is 0 Å². The number of nitrogens with zero attached hydrogens (tertiary/aromatic N) is 2. The summed E-state index contributed by atoms with van der Waals surface area (Å²) in [6.07, 6.45) is 0. The van der Waals surface area contributed by atoms with Crippen LogP contribution in [-0.2, 0) is 0 Å². The number of carbonyl (C=O) groups excluding carboxylic acids is 1. The van der Waals surface area contributed by atoms with Gasteiger partial charge in [-0.3, -0.25) is 4.79 Å². The van der Waals surface area contributed by atoms with Gasteiger partial charge in [-0.2, -0.15) is 0 Å². The predicted molar refractivity (Wildman–Crippen MR) is 89.3 cm³/mol. The molecule has 0 spiro atoms. The van der Waals surface area contributed by atoms with Gasteiger partial charge in [0, 0.05) is 11.1 Å². The topological polar surface area (TPSA) is 96.5 Å². The fourth-order valence-corrected chi connectivity index (χ4v) is 2.75. The zero-order valence-electron chi connectivity index (χ0n) is 12.8. The van der Waals surface area contributed by atoms with E-state index in [1.54, 1.807) is 0 Å². The van der Waals surface area contributed by atoms with E-state index in [4.69, 9.17) is 4.42 Å². The number of rotatable bonds is 5. The first-order valence-corrected chi connectivity index (χ1v) is 8.10. The van der Waals surface area contributed by atoms with Gasteiger partial charge in [-0.1, -0.05) is 30.0 Å². The number of benzene rings is 2. The molecule has 1 heterocycles. The minimum Gasteiger partial charge on any atom is -0.504 e. The maximum atomic E-state index is 12.1. The number of thioether (sulfide) groups is 1. The van der Waals surface area contributed by atoms with Gasteiger partial charge in [-0.25, -0.2) is 0 Å². The molecule has 3 rings (SSSR count). The molecule has 1 aromatic heterocycles. The Morgan fingerprint density at radius 2 is 1.92 bits per heavy atom. The van der Waals surface area contributed by atoms with E-state index in [0.29, 0.717) is 16.7 Å². The molecule has 0 saturated heterocycles. The summed E-state index contributed by atoms with van der Waals surface area (Å²) in [6.45, 7) is 1.95. The van der Waals surface area contributed by atoms with Crippen LogP contribution in [0.15, 0.2) is 52.1 Å². The number of phenols is 2. The maximum Gasteiger partial charge on any atom is 0.277 e. The average Bonchev–Trinajstić information content (AvgIpc) is 3.04. The summed E-state index contributed by atoms with van der Waals surface area (Å²) in [6, 6.07) is 11.6. The normalized spacial score (nSPS) is 10.7. The molecule has 3 aromatic rings. The number of hydrogen-bond donors (Lipinski definition) is 2. The number of carbonyl (C=O) groups is 1. The summed E-state index contributed by atoms with van der Waals surface area (Å²) >= 11 is 1.12. The molecule has 7 heteroatoms. The van der Waals surface area contributed by atoms with Gasteiger partial charge in [-0.05, 0) is 36.8 Å². The lowest BCUT2D eigenvalue weighted by Crippen LogP contribution is -2.01. The molecule has 2 N–H and O–H groups in total. The molecule has 0 aliphatic carbocycles. The highest BCUT2D eigenvalue weighted by Crippen LogP contribution is 2.28. The SMILES string of the molecule is Cc1ccccc1-c1nnc(SCC(=O)c2ccc(O)c(O)c2)o1. The van der Waals surface area contributed by atoms with E-state index in [2.05, 4.69) is 10.2 Å². The lowest BCUT2D eigenvalue weighted by atomic mass is 10.1. The summed E-state index contributed by atoms with van der Waals surface area (Å²) in [5.41, 5.74) is 2.18. The molecule has 0 bridgehead atoms. The lowest BCUT2D eigenvalue weighted by Gasteiger charge is -2.01. The number of aromatic hydroxyl groups is 2. The molecule has 24 heavy (non-hydrogen) atoms. The van der Waals surface area contributed by atoms with Gasteiger partial charge < -0.3 is 14.6 Å². The van der Waals surface area contributed by atoms with E-state index in [-0.39, 0.29) is 23.0 Å². The Bertz CT molecular complexity index is 892. The van der Waals surface area contributed by atoms with Gasteiger partial charge in [0.1, 0.15) is 0 Å². The van der Waals surface area contributed by atoms with Crippen LogP contribution in [0, 0.1) is 6.92 Å². The highest BCUT2D eigenvalue weighted by Gasteiger charge is 2.14. The van der Waals surface area contributed by atoms with Crippen molar-refractivity contribution in [3.63, 3.8) is 0 Å². The number of phenolic OH excluding ortho intramolecular Hbond substituents is 2. The fourth-order valence-electron chi connectivity index (χ4n) is 2.10. The minimum atomic E-state index is -0.328. The van der Waals surface area contributed by atoms with Crippen LogP contribution >= 0.6 is 11.8 Å². The second-order valence-electron chi connectivity index (χ2n) is 5.10. The Labute approximate surface area is 142 Å². The summed E-state index contributed by atoms with van der Waals surface area (Å²) in [5.74, 6) is -0.319. The monoisotopic (exact) mass is 342 g/mol. The van der Waals surface area contributed by atoms with Gasteiger partial charge in [0.2, 0.25) is 5.89 Å². The van der Waals surface area contributed by atoms with Crippen LogP contribution in [0.25, 0.3) is 11.5 Å². The van der Waals surface area contributed by atoms with Crippen molar-refractivity contribution in [2.45, 2.75) is 12.1 Å². The third-order valence-electron chi connectivity index (χ3n) is 3.41. The highest BCUT2D eigenvalue weighted by molar-refractivity contribution is 7.99. The zero-order valence-corrected chi connectivity index (χ0v) is 13.6. The summed E-state index contributed by atoms with van der Waals surface area (Å²) < 4.78 is 5.58. The van der Waals surface area contributed by atoms with Crippen LogP contribution in [0.2, 0.25) is 0 Å².